The molecule has 1 aliphatic rings. The Morgan fingerprint density at radius 3 is 2.56 bits per heavy atom. The van der Waals surface area contributed by atoms with Crippen molar-refractivity contribution in [2.45, 2.75) is 40.0 Å². The molecule has 0 atom stereocenters. The molecule has 1 heterocycles. The van der Waals surface area contributed by atoms with E-state index in [1.165, 1.54) is 7.11 Å². The summed E-state index contributed by atoms with van der Waals surface area (Å²) in [5, 5.41) is 6.41. The SMILES string of the molecule is CCCNCCCOCC1=C(C(=O)OCC)CC(C(=O)OC)=C(C)N1. The lowest BCUT2D eigenvalue weighted by atomic mass is 9.98. The molecule has 0 aliphatic carbocycles. The van der Waals surface area contributed by atoms with Crippen LogP contribution in [0.4, 0.5) is 0 Å². The van der Waals surface area contributed by atoms with Gasteiger partial charge in [0, 0.05) is 18.7 Å². The first kappa shape index (κ1) is 21.2. The highest BCUT2D eigenvalue weighted by atomic mass is 16.5. The third kappa shape index (κ3) is 6.88. The van der Waals surface area contributed by atoms with Crippen LogP contribution in [0, 0.1) is 0 Å². The van der Waals surface area contributed by atoms with Gasteiger partial charge in [-0.25, -0.2) is 9.59 Å². The van der Waals surface area contributed by atoms with E-state index in [0.717, 1.165) is 25.9 Å². The van der Waals surface area contributed by atoms with Gasteiger partial charge in [0.15, 0.2) is 0 Å². The van der Waals surface area contributed by atoms with Gasteiger partial charge in [0.05, 0.1) is 37.2 Å². The molecule has 1 aliphatic heterocycles. The smallest absolute Gasteiger partial charge is 0.336 e. The molecule has 0 unspecified atom stereocenters. The van der Waals surface area contributed by atoms with Gasteiger partial charge in [-0.3, -0.25) is 0 Å². The van der Waals surface area contributed by atoms with Crippen LogP contribution in [0.25, 0.3) is 0 Å². The van der Waals surface area contributed by atoms with Crippen molar-refractivity contribution >= 4 is 11.9 Å². The van der Waals surface area contributed by atoms with E-state index in [4.69, 9.17) is 14.2 Å². The second kappa shape index (κ2) is 11.7. The maximum Gasteiger partial charge on any atom is 0.336 e. The molecule has 1 rings (SSSR count). The monoisotopic (exact) mass is 354 g/mol. The first-order chi connectivity index (χ1) is 12.0. The van der Waals surface area contributed by atoms with Crippen LogP contribution in [0.3, 0.4) is 0 Å². The van der Waals surface area contributed by atoms with E-state index in [0.29, 0.717) is 29.1 Å². The fourth-order valence-electron chi connectivity index (χ4n) is 2.45. The Balaban J connectivity index is 2.67. The fraction of sp³-hybridized carbons (Fsp3) is 0.667. The predicted octanol–water partition coefficient (Wildman–Crippen LogP) is 1.65. The number of esters is 2. The van der Waals surface area contributed by atoms with Crippen molar-refractivity contribution < 1.29 is 23.8 Å². The fourth-order valence-corrected chi connectivity index (χ4v) is 2.45. The largest absolute Gasteiger partial charge is 0.466 e. The molecule has 0 spiro atoms. The van der Waals surface area contributed by atoms with Crippen molar-refractivity contribution in [1.82, 2.24) is 10.6 Å². The Morgan fingerprint density at radius 2 is 1.92 bits per heavy atom. The molecule has 0 aromatic carbocycles. The molecule has 7 nitrogen and oxygen atoms in total. The molecule has 0 saturated heterocycles. The summed E-state index contributed by atoms with van der Waals surface area (Å²) in [6.07, 6.45) is 2.18. The number of carbonyl (C=O) groups excluding carboxylic acids is 2. The predicted molar refractivity (Wildman–Crippen MR) is 94.7 cm³/mol. The van der Waals surface area contributed by atoms with Crippen LogP contribution in [0.1, 0.15) is 40.0 Å². The Labute approximate surface area is 149 Å². The van der Waals surface area contributed by atoms with Crippen molar-refractivity contribution in [3.05, 3.63) is 22.5 Å². The Kier molecular flexibility index (Phi) is 9.87. The first-order valence-electron chi connectivity index (χ1n) is 8.77. The highest BCUT2D eigenvalue weighted by Crippen LogP contribution is 2.25. The maximum absolute atomic E-state index is 12.2. The molecule has 2 N–H and O–H groups in total. The standard InChI is InChI=1S/C18H30N2O5/c1-5-8-19-9-7-10-24-12-16-15(18(22)25-6-2)11-14(13(3)20-16)17(21)23-4/h19-20H,5-12H2,1-4H3. The maximum atomic E-state index is 12.2. The van der Waals surface area contributed by atoms with Crippen LogP contribution in [0.2, 0.25) is 0 Å². The topological polar surface area (TPSA) is 85.9 Å². The van der Waals surface area contributed by atoms with E-state index in [-0.39, 0.29) is 19.6 Å². The second-order valence-electron chi connectivity index (χ2n) is 5.73. The third-order valence-electron chi connectivity index (χ3n) is 3.78. The summed E-state index contributed by atoms with van der Waals surface area (Å²) in [7, 11) is 1.32. The third-order valence-corrected chi connectivity index (χ3v) is 3.78. The van der Waals surface area contributed by atoms with Crippen molar-refractivity contribution in [2.75, 3.05) is 40.0 Å². The summed E-state index contributed by atoms with van der Waals surface area (Å²) in [6.45, 7) is 8.68. The summed E-state index contributed by atoms with van der Waals surface area (Å²) < 4.78 is 15.6. The summed E-state index contributed by atoms with van der Waals surface area (Å²) in [6, 6.07) is 0. The van der Waals surface area contributed by atoms with Gasteiger partial charge >= 0.3 is 11.9 Å². The zero-order valence-corrected chi connectivity index (χ0v) is 15.7. The minimum atomic E-state index is -0.450. The van der Waals surface area contributed by atoms with Crippen LogP contribution in [-0.2, 0) is 23.8 Å². The van der Waals surface area contributed by atoms with Gasteiger partial charge < -0.3 is 24.8 Å². The molecule has 0 fully saturated rings. The number of nitrogens with one attached hydrogen (secondary N) is 2. The molecular formula is C18H30N2O5. The lowest BCUT2D eigenvalue weighted by molar-refractivity contribution is -0.138. The van der Waals surface area contributed by atoms with E-state index in [1.807, 2.05) is 0 Å². The zero-order chi connectivity index (χ0) is 18.7. The molecular weight excluding hydrogens is 324 g/mol. The van der Waals surface area contributed by atoms with Crippen molar-refractivity contribution in [2.24, 2.45) is 0 Å². The highest BCUT2D eigenvalue weighted by Gasteiger charge is 2.28. The quantitative estimate of drug-likeness (QED) is 0.431. The second-order valence-corrected chi connectivity index (χ2v) is 5.73. The van der Waals surface area contributed by atoms with Crippen LogP contribution in [-0.4, -0.2) is 52.0 Å². The van der Waals surface area contributed by atoms with Crippen LogP contribution in [0.5, 0.6) is 0 Å². The average Bonchev–Trinajstić information content (AvgIpc) is 2.60. The minimum Gasteiger partial charge on any atom is -0.466 e. The van der Waals surface area contributed by atoms with Crippen LogP contribution < -0.4 is 10.6 Å². The van der Waals surface area contributed by atoms with Crippen molar-refractivity contribution in [1.29, 1.82) is 0 Å². The number of hydrogen-bond acceptors (Lipinski definition) is 7. The lowest BCUT2D eigenvalue weighted by Gasteiger charge is -2.24. The van der Waals surface area contributed by atoms with E-state index in [9.17, 15) is 9.59 Å². The molecule has 7 heteroatoms. The van der Waals surface area contributed by atoms with Gasteiger partial charge in [-0.2, -0.15) is 0 Å². The normalized spacial score (nSPS) is 14.4. The molecule has 0 saturated carbocycles. The van der Waals surface area contributed by atoms with Crippen molar-refractivity contribution in [3.8, 4) is 0 Å². The number of methoxy groups -OCH3 is 1. The highest BCUT2D eigenvalue weighted by molar-refractivity contribution is 5.96. The van der Waals surface area contributed by atoms with Gasteiger partial charge in [-0.15, -0.1) is 0 Å². The lowest BCUT2D eigenvalue weighted by Crippen LogP contribution is -2.30. The number of dihydropyridines is 1. The van der Waals surface area contributed by atoms with E-state index < -0.39 is 11.9 Å². The van der Waals surface area contributed by atoms with Gasteiger partial charge in [-0.1, -0.05) is 6.92 Å². The Morgan fingerprint density at radius 1 is 1.16 bits per heavy atom. The van der Waals surface area contributed by atoms with Gasteiger partial charge in [0.1, 0.15) is 0 Å². The minimum absolute atomic E-state index is 0.182. The van der Waals surface area contributed by atoms with Gasteiger partial charge in [0.2, 0.25) is 0 Å². The summed E-state index contributed by atoms with van der Waals surface area (Å²) in [4.78, 5) is 24.1. The van der Waals surface area contributed by atoms with Gasteiger partial charge in [-0.05, 0) is 39.8 Å². The van der Waals surface area contributed by atoms with Crippen LogP contribution in [0.15, 0.2) is 22.5 Å². The van der Waals surface area contributed by atoms with E-state index in [1.54, 1.807) is 13.8 Å². The van der Waals surface area contributed by atoms with Crippen molar-refractivity contribution in [3.63, 3.8) is 0 Å². The summed E-state index contributed by atoms with van der Waals surface area (Å²) >= 11 is 0. The number of allylic oxidation sites excluding steroid dienone is 1. The number of carbonyl (C=O) groups is 2. The molecule has 25 heavy (non-hydrogen) atoms. The molecule has 0 amide bonds. The number of hydrogen-bond donors (Lipinski definition) is 2. The van der Waals surface area contributed by atoms with E-state index in [2.05, 4.69) is 17.6 Å². The first-order valence-corrected chi connectivity index (χ1v) is 8.77. The molecule has 0 bridgehead atoms. The molecule has 0 aromatic rings. The van der Waals surface area contributed by atoms with Crippen LogP contribution >= 0.6 is 0 Å². The molecule has 0 radical (unpaired) electrons. The number of rotatable bonds is 11. The Bertz CT molecular complexity index is 526. The number of ether oxygens (including phenoxy) is 3. The average molecular weight is 354 g/mol. The molecule has 142 valence electrons. The Hall–Kier alpha value is -1.86. The van der Waals surface area contributed by atoms with Gasteiger partial charge in [0.25, 0.3) is 0 Å². The zero-order valence-electron chi connectivity index (χ0n) is 15.7. The summed E-state index contributed by atoms with van der Waals surface area (Å²) in [5.41, 5.74) is 2.16. The molecule has 0 aromatic heterocycles. The summed E-state index contributed by atoms with van der Waals surface area (Å²) in [5.74, 6) is -0.888. The van der Waals surface area contributed by atoms with E-state index >= 15 is 0 Å².